The first-order valence-corrected chi connectivity index (χ1v) is 7.84. The maximum absolute atomic E-state index is 12.7. The Labute approximate surface area is 140 Å². The normalized spacial score (nSPS) is 10.8. The molecule has 0 saturated carbocycles. The number of nitrogens with zero attached hydrogens (tertiary/aromatic N) is 1. The quantitative estimate of drug-likeness (QED) is 0.705. The molecule has 0 fully saturated rings. The van der Waals surface area contributed by atoms with Crippen molar-refractivity contribution < 1.29 is 4.74 Å². The zero-order chi connectivity index (χ0) is 15.7. The molecule has 1 N–H and O–H groups in total. The Hall–Kier alpha value is -1.92. The molecular weight excluding hydrogens is 364 g/mol. The summed E-state index contributed by atoms with van der Waals surface area (Å²) in [6.45, 7) is 0.434. The highest BCUT2D eigenvalue weighted by Gasteiger charge is 2.10. The fourth-order valence-corrected chi connectivity index (χ4v) is 3.08. The molecule has 2 aromatic carbocycles. The van der Waals surface area contributed by atoms with Gasteiger partial charge in [-0.1, -0.05) is 30.3 Å². The van der Waals surface area contributed by atoms with Crippen molar-refractivity contribution in [3.8, 4) is 5.75 Å². The largest absolute Gasteiger partial charge is 0.496 e. The second kappa shape index (κ2) is 6.06. The first kappa shape index (κ1) is 15.0. The standard InChI is InChI=1S/C16H13BrN2O2S/c1-21-14-7-11-13(8-12(14)17)18-16(22)19(15(11)20)9-10-5-3-2-4-6-10/h2-8H,9H2,1H3,(H,18,22). The molecule has 0 radical (unpaired) electrons. The van der Waals surface area contributed by atoms with Crippen LogP contribution in [-0.2, 0) is 6.54 Å². The summed E-state index contributed by atoms with van der Waals surface area (Å²) in [5.74, 6) is 0.612. The lowest BCUT2D eigenvalue weighted by Gasteiger charge is -2.10. The van der Waals surface area contributed by atoms with Gasteiger partial charge in [-0.05, 0) is 45.8 Å². The molecule has 3 rings (SSSR count). The second-order valence-corrected chi connectivity index (χ2v) is 6.08. The minimum atomic E-state index is -0.131. The summed E-state index contributed by atoms with van der Waals surface area (Å²) >= 11 is 8.74. The maximum atomic E-state index is 12.7. The highest BCUT2D eigenvalue weighted by molar-refractivity contribution is 9.10. The number of methoxy groups -OCH3 is 1. The van der Waals surface area contributed by atoms with Crippen molar-refractivity contribution in [2.45, 2.75) is 6.54 Å². The molecule has 1 aromatic heterocycles. The van der Waals surface area contributed by atoms with E-state index in [-0.39, 0.29) is 5.56 Å². The van der Waals surface area contributed by atoms with Crippen LogP contribution in [0.1, 0.15) is 5.56 Å². The molecule has 0 spiro atoms. The van der Waals surface area contributed by atoms with Crippen LogP contribution in [0.3, 0.4) is 0 Å². The zero-order valence-electron chi connectivity index (χ0n) is 11.8. The Balaban J connectivity index is 2.21. The summed E-state index contributed by atoms with van der Waals surface area (Å²) in [4.78, 5) is 15.8. The Kier molecular flexibility index (Phi) is 4.13. The van der Waals surface area contributed by atoms with Gasteiger partial charge >= 0.3 is 0 Å². The van der Waals surface area contributed by atoms with Gasteiger partial charge in [0.25, 0.3) is 5.56 Å². The van der Waals surface area contributed by atoms with E-state index in [9.17, 15) is 4.79 Å². The number of benzene rings is 2. The van der Waals surface area contributed by atoms with Gasteiger partial charge in [0.05, 0.1) is 29.0 Å². The number of H-pyrrole nitrogens is 1. The Morgan fingerprint density at radius 2 is 2.00 bits per heavy atom. The zero-order valence-corrected chi connectivity index (χ0v) is 14.2. The van der Waals surface area contributed by atoms with Gasteiger partial charge in [-0.25, -0.2) is 0 Å². The van der Waals surface area contributed by atoms with E-state index in [2.05, 4.69) is 20.9 Å². The molecule has 0 aliphatic rings. The van der Waals surface area contributed by atoms with Gasteiger partial charge in [0.2, 0.25) is 0 Å². The van der Waals surface area contributed by atoms with E-state index in [1.165, 1.54) is 0 Å². The van der Waals surface area contributed by atoms with Gasteiger partial charge < -0.3 is 9.72 Å². The van der Waals surface area contributed by atoms with Crippen LogP contribution in [0.5, 0.6) is 5.75 Å². The van der Waals surface area contributed by atoms with E-state index < -0.39 is 0 Å². The smallest absolute Gasteiger partial charge is 0.262 e. The first-order chi connectivity index (χ1) is 10.6. The van der Waals surface area contributed by atoms with Crippen molar-refractivity contribution >= 4 is 39.1 Å². The van der Waals surface area contributed by atoms with E-state index in [0.29, 0.717) is 28.0 Å². The lowest BCUT2D eigenvalue weighted by molar-refractivity contribution is 0.412. The van der Waals surface area contributed by atoms with E-state index in [1.807, 2.05) is 30.3 Å². The van der Waals surface area contributed by atoms with Gasteiger partial charge in [-0.3, -0.25) is 9.36 Å². The predicted octanol–water partition coefficient (Wildman–Crippen LogP) is 3.88. The Bertz CT molecular complexity index is 948. The number of ether oxygens (including phenoxy) is 1. The van der Waals surface area contributed by atoms with Crippen molar-refractivity contribution in [2.24, 2.45) is 0 Å². The molecule has 0 saturated heterocycles. The molecule has 1 heterocycles. The van der Waals surface area contributed by atoms with Crippen molar-refractivity contribution in [1.82, 2.24) is 9.55 Å². The van der Waals surface area contributed by atoms with E-state index in [4.69, 9.17) is 17.0 Å². The van der Waals surface area contributed by atoms with Crippen molar-refractivity contribution in [3.05, 3.63) is 67.6 Å². The SMILES string of the molecule is COc1cc2c(=O)n(Cc3ccccc3)c(=S)[nH]c2cc1Br. The van der Waals surface area contributed by atoms with Crippen LogP contribution < -0.4 is 10.3 Å². The molecule has 0 aliphatic heterocycles. The monoisotopic (exact) mass is 376 g/mol. The fraction of sp³-hybridized carbons (Fsp3) is 0.125. The molecule has 0 aliphatic carbocycles. The van der Waals surface area contributed by atoms with Crippen LogP contribution in [0.2, 0.25) is 0 Å². The average molecular weight is 377 g/mol. The Morgan fingerprint density at radius 3 is 2.68 bits per heavy atom. The number of hydrogen-bond donors (Lipinski definition) is 1. The lowest BCUT2D eigenvalue weighted by atomic mass is 10.2. The summed E-state index contributed by atoms with van der Waals surface area (Å²) in [5, 5.41) is 0.546. The minimum Gasteiger partial charge on any atom is -0.496 e. The fourth-order valence-electron chi connectivity index (χ4n) is 2.32. The van der Waals surface area contributed by atoms with E-state index in [0.717, 1.165) is 10.0 Å². The number of aromatic amines is 1. The Morgan fingerprint density at radius 1 is 1.27 bits per heavy atom. The molecule has 3 aromatic rings. The number of rotatable bonds is 3. The number of aromatic nitrogens is 2. The van der Waals surface area contributed by atoms with E-state index >= 15 is 0 Å². The first-order valence-electron chi connectivity index (χ1n) is 6.64. The molecule has 22 heavy (non-hydrogen) atoms. The lowest BCUT2D eigenvalue weighted by Crippen LogP contribution is -2.22. The minimum absolute atomic E-state index is 0.131. The second-order valence-electron chi connectivity index (χ2n) is 4.84. The highest BCUT2D eigenvalue weighted by atomic mass is 79.9. The molecule has 0 atom stereocenters. The number of fused-ring (bicyclic) bond motifs is 1. The molecule has 4 nitrogen and oxygen atoms in total. The average Bonchev–Trinajstić information content (AvgIpc) is 2.52. The number of halogens is 1. The van der Waals surface area contributed by atoms with Crippen LogP contribution in [0, 0.1) is 4.77 Å². The van der Waals surface area contributed by atoms with Crippen LogP contribution in [0.25, 0.3) is 10.9 Å². The van der Waals surface area contributed by atoms with Crippen LogP contribution in [-0.4, -0.2) is 16.7 Å². The maximum Gasteiger partial charge on any atom is 0.262 e. The highest BCUT2D eigenvalue weighted by Crippen LogP contribution is 2.28. The van der Waals surface area contributed by atoms with Gasteiger partial charge in [0.15, 0.2) is 4.77 Å². The summed E-state index contributed by atoms with van der Waals surface area (Å²) in [6.07, 6.45) is 0. The van der Waals surface area contributed by atoms with Crippen molar-refractivity contribution in [2.75, 3.05) is 7.11 Å². The van der Waals surface area contributed by atoms with E-state index in [1.54, 1.807) is 23.8 Å². The number of nitrogens with one attached hydrogen (secondary N) is 1. The van der Waals surface area contributed by atoms with Gasteiger partial charge in [0.1, 0.15) is 5.75 Å². The summed E-state index contributed by atoms with van der Waals surface area (Å²) in [7, 11) is 1.57. The van der Waals surface area contributed by atoms with Gasteiger partial charge in [-0.2, -0.15) is 0 Å². The van der Waals surface area contributed by atoms with Crippen molar-refractivity contribution in [3.63, 3.8) is 0 Å². The molecule has 6 heteroatoms. The van der Waals surface area contributed by atoms with Crippen LogP contribution >= 0.6 is 28.1 Å². The van der Waals surface area contributed by atoms with Crippen molar-refractivity contribution in [1.29, 1.82) is 0 Å². The topological polar surface area (TPSA) is 47.0 Å². The molecule has 0 amide bonds. The molecule has 112 valence electrons. The summed E-state index contributed by atoms with van der Waals surface area (Å²) in [5.41, 5.74) is 1.58. The predicted molar refractivity (Wildman–Crippen MR) is 93.2 cm³/mol. The molecule has 0 bridgehead atoms. The summed E-state index contributed by atoms with van der Waals surface area (Å²) in [6, 6.07) is 13.3. The third-order valence-electron chi connectivity index (χ3n) is 3.44. The third kappa shape index (κ3) is 2.71. The number of hydrogen-bond acceptors (Lipinski definition) is 3. The molecule has 0 unspecified atom stereocenters. The van der Waals surface area contributed by atoms with Gasteiger partial charge in [0, 0.05) is 0 Å². The van der Waals surface area contributed by atoms with Crippen LogP contribution in [0.4, 0.5) is 0 Å². The van der Waals surface area contributed by atoms with Gasteiger partial charge in [-0.15, -0.1) is 0 Å². The molecular formula is C16H13BrN2O2S. The summed E-state index contributed by atoms with van der Waals surface area (Å²) < 4.78 is 7.99. The van der Waals surface area contributed by atoms with Crippen LogP contribution in [0.15, 0.2) is 51.7 Å². The third-order valence-corrected chi connectivity index (χ3v) is 4.38.